The second-order valence-electron chi connectivity index (χ2n) is 6.54. The number of carbonyl (C=O) groups is 1. The molecule has 0 spiro atoms. The number of rotatable bonds is 4. The average molecular weight is 267 g/mol. The third-order valence-corrected chi connectivity index (χ3v) is 5.08. The van der Waals surface area contributed by atoms with Crippen LogP contribution in [0.15, 0.2) is 0 Å². The van der Waals surface area contributed by atoms with E-state index < -0.39 is 5.97 Å². The number of nitrogens with zero attached hydrogens (tertiary/aromatic N) is 3. The molecular weight excluding hydrogens is 242 g/mol. The van der Waals surface area contributed by atoms with E-state index in [0.717, 1.165) is 51.7 Å². The maximum Gasteiger partial charge on any atom is 0.305 e. The van der Waals surface area contributed by atoms with Crippen molar-refractivity contribution in [3.8, 4) is 0 Å². The van der Waals surface area contributed by atoms with Gasteiger partial charge in [0, 0.05) is 50.8 Å². The van der Waals surface area contributed by atoms with Crippen LogP contribution in [0.5, 0.6) is 0 Å². The normalized spacial score (nSPS) is 34.8. The van der Waals surface area contributed by atoms with E-state index in [1.165, 1.54) is 12.8 Å². The molecular formula is C14H25N3O2. The van der Waals surface area contributed by atoms with Crippen LogP contribution in [0.2, 0.25) is 0 Å². The van der Waals surface area contributed by atoms with Crippen molar-refractivity contribution in [2.45, 2.75) is 37.3 Å². The van der Waals surface area contributed by atoms with Crippen molar-refractivity contribution in [3.63, 3.8) is 0 Å². The largest absolute Gasteiger partial charge is 0.481 e. The van der Waals surface area contributed by atoms with Crippen molar-refractivity contribution in [2.75, 3.05) is 46.3 Å². The van der Waals surface area contributed by atoms with Crippen molar-refractivity contribution in [3.05, 3.63) is 0 Å². The van der Waals surface area contributed by atoms with Gasteiger partial charge in [0.05, 0.1) is 6.42 Å². The molecule has 5 heteroatoms. The molecule has 3 fully saturated rings. The van der Waals surface area contributed by atoms with E-state index in [-0.39, 0.29) is 5.54 Å². The van der Waals surface area contributed by atoms with Gasteiger partial charge >= 0.3 is 5.97 Å². The van der Waals surface area contributed by atoms with Crippen molar-refractivity contribution in [1.82, 2.24) is 14.7 Å². The van der Waals surface area contributed by atoms with Crippen LogP contribution in [-0.2, 0) is 4.79 Å². The Morgan fingerprint density at radius 1 is 1.21 bits per heavy atom. The van der Waals surface area contributed by atoms with Gasteiger partial charge in [-0.25, -0.2) is 0 Å². The molecule has 5 nitrogen and oxygen atoms in total. The van der Waals surface area contributed by atoms with Gasteiger partial charge in [0.2, 0.25) is 0 Å². The van der Waals surface area contributed by atoms with Crippen molar-refractivity contribution in [1.29, 1.82) is 0 Å². The van der Waals surface area contributed by atoms with E-state index >= 15 is 0 Å². The molecule has 0 aromatic heterocycles. The molecule has 0 aromatic rings. The Labute approximate surface area is 115 Å². The van der Waals surface area contributed by atoms with Crippen LogP contribution in [0.1, 0.15) is 25.7 Å². The van der Waals surface area contributed by atoms with E-state index in [2.05, 4.69) is 21.7 Å². The molecule has 0 radical (unpaired) electrons. The minimum Gasteiger partial charge on any atom is -0.481 e. The Morgan fingerprint density at radius 2 is 1.89 bits per heavy atom. The fraction of sp³-hybridized carbons (Fsp3) is 0.929. The Balaban J connectivity index is 1.71. The molecule has 108 valence electrons. The van der Waals surface area contributed by atoms with Crippen LogP contribution in [-0.4, -0.2) is 83.7 Å². The van der Waals surface area contributed by atoms with E-state index in [1.54, 1.807) is 0 Å². The second kappa shape index (κ2) is 5.04. The Morgan fingerprint density at radius 3 is 2.47 bits per heavy atom. The monoisotopic (exact) mass is 267 g/mol. The molecule has 2 saturated heterocycles. The maximum absolute atomic E-state index is 11.3. The standard InChI is InChI=1S/C14H25N3O2/c1-15-6-8-17(9-7-15)14(10-13(18)19)4-5-16(11-14)12-2-3-12/h12H,2-11H2,1H3,(H,18,19). The zero-order chi connectivity index (χ0) is 13.5. The second-order valence-corrected chi connectivity index (χ2v) is 6.54. The van der Waals surface area contributed by atoms with Gasteiger partial charge < -0.3 is 10.0 Å². The Hall–Kier alpha value is -0.650. The third kappa shape index (κ3) is 2.78. The van der Waals surface area contributed by atoms with Gasteiger partial charge in [-0.05, 0) is 26.3 Å². The van der Waals surface area contributed by atoms with Crippen LogP contribution < -0.4 is 0 Å². The zero-order valence-corrected chi connectivity index (χ0v) is 11.8. The number of carboxylic acids is 1. The van der Waals surface area contributed by atoms with E-state index in [9.17, 15) is 9.90 Å². The third-order valence-electron chi connectivity index (χ3n) is 5.08. The summed E-state index contributed by atoms with van der Waals surface area (Å²) in [6.45, 7) is 6.21. The number of likely N-dealkylation sites (N-methyl/N-ethyl adjacent to an activating group) is 1. The summed E-state index contributed by atoms with van der Waals surface area (Å²) in [5.41, 5.74) is -0.102. The minimum absolute atomic E-state index is 0.102. The molecule has 1 atom stereocenters. The fourth-order valence-corrected chi connectivity index (χ4v) is 3.72. The molecule has 1 N–H and O–H groups in total. The van der Waals surface area contributed by atoms with Gasteiger partial charge in [-0.1, -0.05) is 0 Å². The number of hydrogen-bond acceptors (Lipinski definition) is 4. The van der Waals surface area contributed by atoms with Crippen LogP contribution in [0.25, 0.3) is 0 Å². The predicted octanol–water partition coefficient (Wildman–Crippen LogP) is 0.315. The van der Waals surface area contributed by atoms with E-state index in [4.69, 9.17) is 0 Å². The SMILES string of the molecule is CN1CCN(C2(CC(=O)O)CCN(C3CC3)C2)CC1. The quantitative estimate of drug-likeness (QED) is 0.794. The highest BCUT2D eigenvalue weighted by Gasteiger charge is 2.48. The van der Waals surface area contributed by atoms with Crippen LogP contribution >= 0.6 is 0 Å². The lowest BCUT2D eigenvalue weighted by Crippen LogP contribution is -2.58. The smallest absolute Gasteiger partial charge is 0.305 e. The minimum atomic E-state index is -0.642. The van der Waals surface area contributed by atoms with Gasteiger partial charge in [0.15, 0.2) is 0 Å². The predicted molar refractivity (Wildman–Crippen MR) is 73.3 cm³/mol. The number of hydrogen-bond donors (Lipinski definition) is 1. The number of carboxylic acid groups (broad SMARTS) is 1. The average Bonchev–Trinajstić information content (AvgIpc) is 3.12. The van der Waals surface area contributed by atoms with Gasteiger partial charge in [-0.2, -0.15) is 0 Å². The highest BCUT2D eigenvalue weighted by atomic mass is 16.4. The summed E-state index contributed by atoms with van der Waals surface area (Å²) in [5, 5.41) is 9.31. The van der Waals surface area contributed by atoms with Crippen molar-refractivity contribution in [2.24, 2.45) is 0 Å². The first kappa shape index (κ1) is 13.3. The summed E-state index contributed by atoms with van der Waals surface area (Å²) >= 11 is 0. The summed E-state index contributed by atoms with van der Waals surface area (Å²) in [7, 11) is 2.15. The molecule has 19 heavy (non-hydrogen) atoms. The number of piperazine rings is 1. The maximum atomic E-state index is 11.3. The van der Waals surface area contributed by atoms with Crippen LogP contribution in [0.4, 0.5) is 0 Å². The summed E-state index contributed by atoms with van der Waals surface area (Å²) < 4.78 is 0. The summed E-state index contributed by atoms with van der Waals surface area (Å²) in [6, 6.07) is 0.753. The summed E-state index contributed by atoms with van der Waals surface area (Å²) in [6.07, 6.45) is 3.96. The first-order valence-electron chi connectivity index (χ1n) is 7.48. The Kier molecular flexibility index (Phi) is 3.53. The Bertz CT molecular complexity index is 351. The molecule has 0 bridgehead atoms. The van der Waals surface area contributed by atoms with E-state index in [1.807, 2.05) is 0 Å². The lowest BCUT2D eigenvalue weighted by atomic mass is 9.91. The molecule has 2 heterocycles. The van der Waals surface area contributed by atoms with Crippen LogP contribution in [0, 0.1) is 0 Å². The molecule has 0 aromatic carbocycles. The fourth-order valence-electron chi connectivity index (χ4n) is 3.72. The molecule has 0 amide bonds. The topological polar surface area (TPSA) is 47.0 Å². The number of likely N-dealkylation sites (tertiary alicyclic amines) is 1. The summed E-state index contributed by atoms with van der Waals surface area (Å²) in [4.78, 5) is 18.6. The summed E-state index contributed by atoms with van der Waals surface area (Å²) in [5.74, 6) is -0.642. The first-order chi connectivity index (χ1) is 9.09. The molecule has 3 rings (SSSR count). The van der Waals surface area contributed by atoms with Crippen molar-refractivity contribution >= 4 is 5.97 Å². The molecule has 1 unspecified atom stereocenters. The van der Waals surface area contributed by atoms with Gasteiger partial charge in [0.1, 0.15) is 0 Å². The molecule has 3 aliphatic rings. The first-order valence-corrected chi connectivity index (χ1v) is 7.48. The highest BCUT2D eigenvalue weighted by molar-refractivity contribution is 5.68. The van der Waals surface area contributed by atoms with Crippen molar-refractivity contribution < 1.29 is 9.90 Å². The lowest BCUT2D eigenvalue weighted by Gasteiger charge is -2.44. The zero-order valence-electron chi connectivity index (χ0n) is 11.8. The molecule has 1 saturated carbocycles. The highest BCUT2D eigenvalue weighted by Crippen LogP contribution is 2.38. The van der Waals surface area contributed by atoms with Gasteiger partial charge in [-0.15, -0.1) is 0 Å². The van der Waals surface area contributed by atoms with Gasteiger partial charge in [-0.3, -0.25) is 14.6 Å². The number of aliphatic carboxylic acids is 1. The van der Waals surface area contributed by atoms with Crippen LogP contribution in [0.3, 0.4) is 0 Å². The molecule has 2 aliphatic heterocycles. The van der Waals surface area contributed by atoms with E-state index in [0.29, 0.717) is 6.42 Å². The van der Waals surface area contributed by atoms with Gasteiger partial charge in [0.25, 0.3) is 0 Å². The lowest BCUT2D eigenvalue weighted by molar-refractivity contribution is -0.140. The molecule has 1 aliphatic carbocycles.